The van der Waals surface area contributed by atoms with E-state index in [9.17, 15) is 0 Å². The molecule has 0 atom stereocenters. The Balaban J connectivity index is 2.12. The van der Waals surface area contributed by atoms with Crippen molar-refractivity contribution in [2.24, 2.45) is 5.92 Å². The highest BCUT2D eigenvalue weighted by atomic mass is 15.2. The molecule has 0 bridgehead atoms. The smallest absolute Gasteiger partial charge is 0.146 e. The molecule has 0 aromatic carbocycles. The number of anilines is 2. The van der Waals surface area contributed by atoms with Crippen LogP contribution < -0.4 is 10.6 Å². The summed E-state index contributed by atoms with van der Waals surface area (Å²) in [6.07, 6.45) is 4.26. The van der Waals surface area contributed by atoms with Crippen molar-refractivity contribution in [1.29, 1.82) is 0 Å². The number of nitrogens with two attached hydrogens (primary N) is 1. The number of hydrogen-bond acceptors (Lipinski definition) is 3. The van der Waals surface area contributed by atoms with Crippen molar-refractivity contribution < 1.29 is 0 Å². The Morgan fingerprint density at radius 1 is 1.43 bits per heavy atom. The minimum Gasteiger partial charge on any atom is -0.382 e. The van der Waals surface area contributed by atoms with Gasteiger partial charge in [-0.15, -0.1) is 0 Å². The van der Waals surface area contributed by atoms with E-state index in [1.807, 2.05) is 6.07 Å². The topological polar surface area (TPSA) is 42.2 Å². The van der Waals surface area contributed by atoms with E-state index in [0.717, 1.165) is 24.7 Å². The van der Waals surface area contributed by atoms with Crippen LogP contribution in [-0.4, -0.2) is 18.1 Å². The molecule has 2 heterocycles. The summed E-state index contributed by atoms with van der Waals surface area (Å²) in [5, 5.41) is 0. The summed E-state index contributed by atoms with van der Waals surface area (Å²) in [5.74, 6) is 1.51. The lowest BCUT2D eigenvalue weighted by atomic mass is 9.99. The molecule has 0 spiro atoms. The molecular weight excluding hydrogens is 174 g/mol. The normalized spacial score (nSPS) is 18.5. The fourth-order valence-electron chi connectivity index (χ4n) is 1.93. The molecule has 1 aliphatic heterocycles. The Hall–Kier alpha value is -1.25. The zero-order chi connectivity index (χ0) is 9.97. The maximum atomic E-state index is 5.83. The minimum atomic E-state index is 0.655. The van der Waals surface area contributed by atoms with Crippen LogP contribution >= 0.6 is 0 Å². The van der Waals surface area contributed by atoms with Gasteiger partial charge in [-0.1, -0.05) is 6.92 Å². The van der Waals surface area contributed by atoms with Gasteiger partial charge in [0.25, 0.3) is 0 Å². The Labute approximate surface area is 84.9 Å². The maximum Gasteiger partial charge on any atom is 0.146 e. The first kappa shape index (κ1) is 9.31. The Morgan fingerprint density at radius 3 is 2.79 bits per heavy atom. The van der Waals surface area contributed by atoms with Gasteiger partial charge in [-0.05, 0) is 30.9 Å². The molecule has 2 N–H and O–H groups in total. The van der Waals surface area contributed by atoms with Crippen LogP contribution in [-0.2, 0) is 0 Å². The van der Waals surface area contributed by atoms with Crippen LogP contribution in [0.4, 0.5) is 11.5 Å². The predicted octanol–water partition coefficient (Wildman–Crippen LogP) is 1.90. The van der Waals surface area contributed by atoms with Crippen molar-refractivity contribution in [2.45, 2.75) is 19.8 Å². The standard InChI is InChI=1S/C11H17N3/c1-9-4-7-14(8-5-9)10-3-2-6-13-11(10)12/h2-3,6,9H,4-5,7-8H2,1H3,(H2,12,13). The summed E-state index contributed by atoms with van der Waals surface area (Å²) < 4.78 is 0. The van der Waals surface area contributed by atoms with E-state index in [4.69, 9.17) is 5.73 Å². The van der Waals surface area contributed by atoms with E-state index in [2.05, 4.69) is 22.9 Å². The summed E-state index contributed by atoms with van der Waals surface area (Å²) in [4.78, 5) is 6.45. The van der Waals surface area contributed by atoms with Crippen LogP contribution in [0.3, 0.4) is 0 Å². The number of nitrogen functional groups attached to an aromatic ring is 1. The second-order valence-electron chi connectivity index (χ2n) is 4.08. The third-order valence-corrected chi connectivity index (χ3v) is 2.94. The van der Waals surface area contributed by atoms with Crippen molar-refractivity contribution >= 4 is 11.5 Å². The Morgan fingerprint density at radius 2 is 2.14 bits per heavy atom. The third kappa shape index (κ3) is 1.81. The van der Waals surface area contributed by atoms with Gasteiger partial charge in [-0.2, -0.15) is 0 Å². The van der Waals surface area contributed by atoms with E-state index < -0.39 is 0 Å². The van der Waals surface area contributed by atoms with E-state index in [0.29, 0.717) is 5.82 Å². The highest BCUT2D eigenvalue weighted by molar-refractivity contribution is 5.62. The highest BCUT2D eigenvalue weighted by Crippen LogP contribution is 2.25. The lowest BCUT2D eigenvalue weighted by Gasteiger charge is -2.32. The Kier molecular flexibility index (Phi) is 2.57. The van der Waals surface area contributed by atoms with Crippen LogP contribution in [0.5, 0.6) is 0 Å². The maximum absolute atomic E-state index is 5.83. The molecule has 3 nitrogen and oxygen atoms in total. The quantitative estimate of drug-likeness (QED) is 0.737. The van der Waals surface area contributed by atoms with E-state index in [1.165, 1.54) is 12.8 Å². The monoisotopic (exact) mass is 191 g/mol. The number of rotatable bonds is 1. The van der Waals surface area contributed by atoms with Gasteiger partial charge in [0.05, 0.1) is 5.69 Å². The number of aromatic nitrogens is 1. The average Bonchev–Trinajstić information content (AvgIpc) is 2.20. The van der Waals surface area contributed by atoms with Crippen molar-refractivity contribution in [3.63, 3.8) is 0 Å². The fourth-order valence-corrected chi connectivity index (χ4v) is 1.93. The van der Waals surface area contributed by atoms with Gasteiger partial charge in [0, 0.05) is 19.3 Å². The van der Waals surface area contributed by atoms with Gasteiger partial charge in [0.15, 0.2) is 0 Å². The van der Waals surface area contributed by atoms with Crippen molar-refractivity contribution in [1.82, 2.24) is 4.98 Å². The largest absolute Gasteiger partial charge is 0.382 e. The molecular formula is C11H17N3. The molecule has 0 unspecified atom stereocenters. The molecule has 14 heavy (non-hydrogen) atoms. The lowest BCUT2D eigenvalue weighted by molar-refractivity contribution is 0.438. The second-order valence-corrected chi connectivity index (χ2v) is 4.08. The molecule has 1 aliphatic rings. The Bertz CT molecular complexity index is 303. The lowest BCUT2D eigenvalue weighted by Crippen LogP contribution is -2.33. The highest BCUT2D eigenvalue weighted by Gasteiger charge is 2.17. The number of piperidine rings is 1. The van der Waals surface area contributed by atoms with Gasteiger partial charge < -0.3 is 10.6 Å². The molecule has 0 amide bonds. The number of pyridine rings is 1. The molecule has 0 saturated carbocycles. The van der Waals surface area contributed by atoms with Crippen LogP contribution in [0, 0.1) is 5.92 Å². The van der Waals surface area contributed by atoms with E-state index >= 15 is 0 Å². The molecule has 1 aromatic rings. The van der Waals surface area contributed by atoms with Crippen LogP contribution in [0.25, 0.3) is 0 Å². The fraction of sp³-hybridized carbons (Fsp3) is 0.545. The third-order valence-electron chi connectivity index (χ3n) is 2.94. The average molecular weight is 191 g/mol. The molecule has 1 aromatic heterocycles. The van der Waals surface area contributed by atoms with Crippen LogP contribution in [0.15, 0.2) is 18.3 Å². The molecule has 1 saturated heterocycles. The van der Waals surface area contributed by atoms with Crippen LogP contribution in [0.1, 0.15) is 19.8 Å². The van der Waals surface area contributed by atoms with E-state index in [-0.39, 0.29) is 0 Å². The molecule has 2 rings (SSSR count). The number of nitrogens with zero attached hydrogens (tertiary/aromatic N) is 2. The first-order valence-corrected chi connectivity index (χ1v) is 5.23. The second kappa shape index (κ2) is 3.86. The SMILES string of the molecule is CC1CCN(c2cccnc2N)CC1. The minimum absolute atomic E-state index is 0.655. The molecule has 0 radical (unpaired) electrons. The zero-order valence-electron chi connectivity index (χ0n) is 8.61. The van der Waals surface area contributed by atoms with Gasteiger partial charge >= 0.3 is 0 Å². The van der Waals surface area contributed by atoms with Crippen molar-refractivity contribution in [3.8, 4) is 0 Å². The van der Waals surface area contributed by atoms with Gasteiger partial charge in [-0.25, -0.2) is 4.98 Å². The first-order chi connectivity index (χ1) is 6.77. The first-order valence-electron chi connectivity index (χ1n) is 5.23. The predicted molar refractivity (Wildman–Crippen MR) is 59.3 cm³/mol. The zero-order valence-corrected chi connectivity index (χ0v) is 8.61. The summed E-state index contributed by atoms with van der Waals surface area (Å²) >= 11 is 0. The molecule has 76 valence electrons. The summed E-state index contributed by atoms with van der Waals surface area (Å²) in [5.41, 5.74) is 6.93. The summed E-state index contributed by atoms with van der Waals surface area (Å²) in [6.45, 7) is 4.53. The van der Waals surface area contributed by atoms with E-state index in [1.54, 1.807) is 6.20 Å². The van der Waals surface area contributed by atoms with Gasteiger partial charge in [0.2, 0.25) is 0 Å². The molecule has 0 aliphatic carbocycles. The van der Waals surface area contributed by atoms with Crippen molar-refractivity contribution in [3.05, 3.63) is 18.3 Å². The van der Waals surface area contributed by atoms with Gasteiger partial charge in [-0.3, -0.25) is 0 Å². The summed E-state index contributed by atoms with van der Waals surface area (Å²) in [6, 6.07) is 4.00. The summed E-state index contributed by atoms with van der Waals surface area (Å²) in [7, 11) is 0. The van der Waals surface area contributed by atoms with Crippen molar-refractivity contribution in [2.75, 3.05) is 23.7 Å². The van der Waals surface area contributed by atoms with Crippen LogP contribution in [0.2, 0.25) is 0 Å². The van der Waals surface area contributed by atoms with Gasteiger partial charge in [0.1, 0.15) is 5.82 Å². The number of hydrogen-bond donors (Lipinski definition) is 1. The molecule has 3 heteroatoms. The molecule has 1 fully saturated rings.